The summed E-state index contributed by atoms with van der Waals surface area (Å²) >= 11 is 5.19. The Morgan fingerprint density at radius 1 is 1.24 bits per heavy atom. The van der Waals surface area contributed by atoms with Gasteiger partial charge in [-0.1, -0.05) is 47.0 Å². The number of fused-ring (bicyclic) bond motifs is 1. The van der Waals surface area contributed by atoms with Crippen LogP contribution in [-0.4, -0.2) is 17.8 Å². The number of amides is 1. The van der Waals surface area contributed by atoms with Gasteiger partial charge in [0.25, 0.3) is 5.91 Å². The number of halogens is 1. The lowest BCUT2D eigenvalue weighted by Crippen LogP contribution is -2.34. The third-order valence-corrected chi connectivity index (χ3v) is 6.39. The Morgan fingerprint density at radius 2 is 2.00 bits per heavy atom. The van der Waals surface area contributed by atoms with Crippen LogP contribution < -0.4 is 5.32 Å². The number of carbonyl (C=O) groups excluding carboxylic acids is 1. The molecular formula is C17H20BrNOS. The molecule has 0 spiro atoms. The van der Waals surface area contributed by atoms with Crippen molar-refractivity contribution in [2.75, 3.05) is 11.9 Å². The Balaban J connectivity index is 1.63. The predicted octanol–water partition coefficient (Wildman–Crippen LogP) is 4.83. The standard InChI is InChI=1S/C17H20BrNOS/c18-10-13-6-1-2-7-14(13)11-19-17(20)16-9-12-5-3-4-8-15(12)21-16/h3-5,8-9,13-14H,1-2,6-7,10-11H2,(H,19,20). The summed E-state index contributed by atoms with van der Waals surface area (Å²) in [7, 11) is 0. The second-order valence-electron chi connectivity index (χ2n) is 5.82. The first kappa shape index (κ1) is 15.0. The molecule has 0 bridgehead atoms. The number of benzene rings is 1. The SMILES string of the molecule is O=C(NCC1CCCCC1CBr)c1cc2ccccc2s1. The molecule has 0 aliphatic heterocycles. The molecule has 2 unspecified atom stereocenters. The first-order valence-electron chi connectivity index (χ1n) is 7.60. The van der Waals surface area contributed by atoms with Crippen molar-refractivity contribution >= 4 is 43.3 Å². The molecule has 1 aliphatic carbocycles. The lowest BCUT2D eigenvalue weighted by atomic mass is 9.80. The van der Waals surface area contributed by atoms with Crippen molar-refractivity contribution in [3.8, 4) is 0 Å². The maximum atomic E-state index is 12.3. The van der Waals surface area contributed by atoms with Crippen LogP contribution in [-0.2, 0) is 0 Å². The number of carbonyl (C=O) groups is 1. The fourth-order valence-corrected chi connectivity index (χ4v) is 4.99. The van der Waals surface area contributed by atoms with Crippen LogP contribution in [0.4, 0.5) is 0 Å². The minimum Gasteiger partial charge on any atom is -0.351 e. The van der Waals surface area contributed by atoms with E-state index in [9.17, 15) is 4.79 Å². The van der Waals surface area contributed by atoms with E-state index >= 15 is 0 Å². The van der Waals surface area contributed by atoms with E-state index in [0.717, 1.165) is 22.1 Å². The lowest BCUT2D eigenvalue weighted by Gasteiger charge is -2.30. The lowest BCUT2D eigenvalue weighted by molar-refractivity contribution is 0.0941. The van der Waals surface area contributed by atoms with Crippen LogP contribution >= 0.6 is 27.3 Å². The van der Waals surface area contributed by atoms with Crippen molar-refractivity contribution in [3.63, 3.8) is 0 Å². The van der Waals surface area contributed by atoms with Gasteiger partial charge >= 0.3 is 0 Å². The maximum Gasteiger partial charge on any atom is 0.261 e. The third kappa shape index (κ3) is 3.49. The minimum atomic E-state index is 0.0788. The van der Waals surface area contributed by atoms with Gasteiger partial charge in [-0.3, -0.25) is 4.79 Å². The van der Waals surface area contributed by atoms with Gasteiger partial charge < -0.3 is 5.32 Å². The highest BCUT2D eigenvalue weighted by Gasteiger charge is 2.24. The van der Waals surface area contributed by atoms with Gasteiger partial charge in [0.15, 0.2) is 0 Å². The molecule has 1 amide bonds. The largest absolute Gasteiger partial charge is 0.351 e. The minimum absolute atomic E-state index is 0.0788. The molecule has 0 radical (unpaired) electrons. The zero-order valence-electron chi connectivity index (χ0n) is 12.0. The Kier molecular flexibility index (Phi) is 4.96. The zero-order chi connectivity index (χ0) is 14.7. The first-order chi connectivity index (χ1) is 10.3. The Hall–Kier alpha value is -0.870. The van der Waals surface area contributed by atoms with Crippen LogP contribution in [0.3, 0.4) is 0 Å². The van der Waals surface area contributed by atoms with Crippen molar-refractivity contribution in [1.82, 2.24) is 5.32 Å². The molecule has 1 heterocycles. The molecule has 1 aromatic carbocycles. The molecule has 1 fully saturated rings. The Bertz CT molecular complexity index is 591. The normalized spacial score (nSPS) is 22.3. The van der Waals surface area contributed by atoms with E-state index in [-0.39, 0.29) is 5.91 Å². The molecule has 2 aromatic rings. The molecule has 0 saturated heterocycles. The van der Waals surface area contributed by atoms with Gasteiger partial charge in [0.2, 0.25) is 0 Å². The molecule has 3 rings (SSSR count). The van der Waals surface area contributed by atoms with Crippen LogP contribution in [0.15, 0.2) is 30.3 Å². The van der Waals surface area contributed by atoms with Crippen LogP contribution in [0.2, 0.25) is 0 Å². The smallest absolute Gasteiger partial charge is 0.261 e. The maximum absolute atomic E-state index is 12.3. The van der Waals surface area contributed by atoms with Gasteiger partial charge in [-0.25, -0.2) is 0 Å². The molecule has 1 N–H and O–H groups in total. The van der Waals surface area contributed by atoms with E-state index in [1.807, 2.05) is 18.2 Å². The average Bonchev–Trinajstić information content (AvgIpc) is 2.97. The molecule has 21 heavy (non-hydrogen) atoms. The van der Waals surface area contributed by atoms with Crippen LogP contribution in [0.25, 0.3) is 10.1 Å². The summed E-state index contributed by atoms with van der Waals surface area (Å²) in [6.45, 7) is 0.809. The molecule has 4 heteroatoms. The van der Waals surface area contributed by atoms with Gasteiger partial charge in [-0.15, -0.1) is 11.3 Å². The van der Waals surface area contributed by atoms with Gasteiger partial charge in [0.1, 0.15) is 0 Å². The Labute approximate surface area is 138 Å². The number of rotatable bonds is 4. The molecule has 2 nitrogen and oxygen atoms in total. The van der Waals surface area contributed by atoms with Crippen molar-refractivity contribution in [3.05, 3.63) is 35.2 Å². The van der Waals surface area contributed by atoms with Gasteiger partial charge in [-0.05, 0) is 42.2 Å². The van der Waals surface area contributed by atoms with E-state index in [2.05, 4.69) is 33.4 Å². The summed E-state index contributed by atoms with van der Waals surface area (Å²) in [6, 6.07) is 10.2. The quantitative estimate of drug-likeness (QED) is 0.772. The van der Waals surface area contributed by atoms with Crippen molar-refractivity contribution in [2.24, 2.45) is 11.8 Å². The number of thiophene rings is 1. The summed E-state index contributed by atoms with van der Waals surface area (Å²) in [6.07, 6.45) is 5.15. The average molecular weight is 366 g/mol. The van der Waals surface area contributed by atoms with Crippen LogP contribution in [0.5, 0.6) is 0 Å². The molecule has 1 aromatic heterocycles. The van der Waals surface area contributed by atoms with Gasteiger partial charge in [0.05, 0.1) is 4.88 Å². The van der Waals surface area contributed by atoms with E-state index in [0.29, 0.717) is 11.8 Å². The van der Waals surface area contributed by atoms with E-state index < -0.39 is 0 Å². The monoisotopic (exact) mass is 365 g/mol. The van der Waals surface area contributed by atoms with Gasteiger partial charge in [0, 0.05) is 16.6 Å². The van der Waals surface area contributed by atoms with E-state index in [1.165, 1.54) is 30.4 Å². The summed E-state index contributed by atoms with van der Waals surface area (Å²) in [5.74, 6) is 1.41. The molecule has 112 valence electrons. The fourth-order valence-electron chi connectivity index (χ4n) is 3.16. The molecule has 1 saturated carbocycles. The summed E-state index contributed by atoms with van der Waals surface area (Å²) in [5.41, 5.74) is 0. The van der Waals surface area contributed by atoms with Crippen molar-refractivity contribution in [1.29, 1.82) is 0 Å². The highest BCUT2D eigenvalue weighted by atomic mass is 79.9. The van der Waals surface area contributed by atoms with Crippen LogP contribution in [0, 0.1) is 11.8 Å². The van der Waals surface area contributed by atoms with E-state index in [4.69, 9.17) is 0 Å². The summed E-state index contributed by atoms with van der Waals surface area (Å²) in [5, 5.41) is 5.35. The predicted molar refractivity (Wildman–Crippen MR) is 93.4 cm³/mol. The second kappa shape index (κ2) is 6.93. The Morgan fingerprint density at radius 3 is 2.76 bits per heavy atom. The first-order valence-corrected chi connectivity index (χ1v) is 9.54. The number of hydrogen-bond acceptors (Lipinski definition) is 2. The summed E-state index contributed by atoms with van der Waals surface area (Å²) in [4.78, 5) is 13.2. The van der Waals surface area contributed by atoms with E-state index in [1.54, 1.807) is 11.3 Å². The summed E-state index contributed by atoms with van der Waals surface area (Å²) < 4.78 is 1.18. The van der Waals surface area contributed by atoms with Crippen LogP contribution in [0.1, 0.15) is 35.4 Å². The van der Waals surface area contributed by atoms with Crippen molar-refractivity contribution in [2.45, 2.75) is 25.7 Å². The number of nitrogens with one attached hydrogen (secondary N) is 1. The zero-order valence-corrected chi connectivity index (χ0v) is 14.4. The molecule has 1 aliphatic rings. The highest BCUT2D eigenvalue weighted by Crippen LogP contribution is 2.31. The molecule has 2 atom stereocenters. The number of alkyl halides is 1. The number of hydrogen-bond donors (Lipinski definition) is 1. The second-order valence-corrected chi connectivity index (χ2v) is 7.55. The topological polar surface area (TPSA) is 29.1 Å². The highest BCUT2D eigenvalue weighted by molar-refractivity contribution is 9.09. The van der Waals surface area contributed by atoms with Gasteiger partial charge in [-0.2, -0.15) is 0 Å². The molecular weight excluding hydrogens is 346 g/mol. The fraction of sp³-hybridized carbons (Fsp3) is 0.471. The third-order valence-electron chi connectivity index (χ3n) is 4.44. The van der Waals surface area contributed by atoms with Crippen molar-refractivity contribution < 1.29 is 4.79 Å².